The number of likely N-dealkylation sites (tertiary alicyclic amines) is 1. The second-order valence-corrected chi connectivity index (χ2v) is 8.57. The van der Waals surface area contributed by atoms with Crippen LogP contribution in [0.1, 0.15) is 37.7 Å². The summed E-state index contributed by atoms with van der Waals surface area (Å²) in [6, 6.07) is 8.29. The molecule has 0 bridgehead atoms. The molecule has 0 radical (unpaired) electrons. The molecule has 1 aromatic heterocycles. The van der Waals surface area contributed by atoms with E-state index in [1.54, 1.807) is 6.20 Å². The van der Waals surface area contributed by atoms with Crippen molar-refractivity contribution >= 4 is 0 Å². The lowest BCUT2D eigenvalue weighted by atomic mass is 9.82. The Balaban J connectivity index is 1.23. The molecule has 0 saturated carbocycles. The van der Waals surface area contributed by atoms with Crippen molar-refractivity contribution < 1.29 is 19.7 Å². The minimum Gasteiger partial charge on any atom is -0.493 e. The predicted octanol–water partition coefficient (Wildman–Crippen LogP) is 2.22. The molecule has 2 atom stereocenters. The van der Waals surface area contributed by atoms with Crippen LogP contribution in [0.5, 0.6) is 5.75 Å². The molecule has 1 aromatic carbocycles. The maximum atomic E-state index is 10.0. The number of hydrogen-bond donors (Lipinski definition) is 2. The van der Waals surface area contributed by atoms with Crippen molar-refractivity contribution in [3.8, 4) is 5.75 Å². The molecule has 3 heterocycles. The Morgan fingerprint density at radius 1 is 1.13 bits per heavy atom. The van der Waals surface area contributed by atoms with Crippen LogP contribution in [0, 0.1) is 0 Å². The average Bonchev–Trinajstić information content (AvgIpc) is 3.27. The molecule has 7 heteroatoms. The van der Waals surface area contributed by atoms with Gasteiger partial charge in [0.25, 0.3) is 0 Å². The number of benzene rings is 1. The maximum Gasteiger partial charge on any atom is 0.123 e. The van der Waals surface area contributed by atoms with Crippen LogP contribution in [0.15, 0.2) is 43.0 Å². The number of para-hydroxylation sites is 1. The van der Waals surface area contributed by atoms with Gasteiger partial charge >= 0.3 is 0 Å². The largest absolute Gasteiger partial charge is 0.493 e. The SMILES string of the molecule is O[C@@H]1CC2(CCN(Cc3ccccc3OCCCCn3ccnc3)CC2)OC[C@@H]1O. The number of imidazole rings is 1. The Labute approximate surface area is 178 Å². The van der Waals surface area contributed by atoms with E-state index in [1.807, 2.05) is 18.6 Å². The number of nitrogens with zero attached hydrogens (tertiary/aromatic N) is 3. The van der Waals surface area contributed by atoms with Gasteiger partial charge in [0.05, 0.1) is 31.2 Å². The Hall–Kier alpha value is -1.93. The van der Waals surface area contributed by atoms with Crippen molar-refractivity contribution in [3.05, 3.63) is 48.5 Å². The summed E-state index contributed by atoms with van der Waals surface area (Å²) < 4.78 is 14.1. The quantitative estimate of drug-likeness (QED) is 0.644. The topological polar surface area (TPSA) is 80.0 Å². The zero-order chi connectivity index (χ0) is 20.8. The van der Waals surface area contributed by atoms with Crippen molar-refractivity contribution in [2.24, 2.45) is 0 Å². The lowest BCUT2D eigenvalue weighted by Gasteiger charge is -2.46. The molecule has 2 N–H and O–H groups in total. The lowest BCUT2D eigenvalue weighted by molar-refractivity contribution is -0.188. The summed E-state index contributed by atoms with van der Waals surface area (Å²) >= 11 is 0. The molecule has 0 unspecified atom stereocenters. The number of hydrogen-bond acceptors (Lipinski definition) is 6. The van der Waals surface area contributed by atoms with Crippen LogP contribution >= 0.6 is 0 Å². The van der Waals surface area contributed by atoms with E-state index >= 15 is 0 Å². The minimum absolute atomic E-state index is 0.235. The summed E-state index contributed by atoms with van der Waals surface area (Å²) in [4.78, 5) is 6.49. The molecule has 0 aliphatic carbocycles. The molecule has 1 spiro atoms. The fourth-order valence-corrected chi connectivity index (χ4v) is 4.43. The number of ether oxygens (including phenoxy) is 2. The van der Waals surface area contributed by atoms with Crippen molar-refractivity contribution in [1.82, 2.24) is 14.5 Å². The van der Waals surface area contributed by atoms with E-state index in [2.05, 4.69) is 32.7 Å². The molecule has 2 fully saturated rings. The van der Waals surface area contributed by atoms with Gasteiger partial charge in [-0.1, -0.05) is 18.2 Å². The second kappa shape index (κ2) is 9.92. The maximum absolute atomic E-state index is 10.0. The highest BCUT2D eigenvalue weighted by atomic mass is 16.5. The summed E-state index contributed by atoms with van der Waals surface area (Å²) in [5.41, 5.74) is 0.934. The fraction of sp³-hybridized carbons (Fsp3) is 0.609. The molecule has 2 aromatic rings. The van der Waals surface area contributed by atoms with Gasteiger partial charge in [-0.15, -0.1) is 0 Å². The third kappa shape index (κ3) is 5.40. The standard InChI is InChI=1S/C23H33N3O4/c27-20-15-23(30-17-21(20)28)7-11-25(12-8-23)16-19-5-1-2-6-22(19)29-14-4-3-10-26-13-9-24-18-26/h1-2,5-6,9,13,18,20-21,27-28H,3-4,7-8,10-12,14-17H2/t20-,21+/m1/s1. The molecule has 0 amide bonds. The number of aliphatic hydroxyl groups is 2. The van der Waals surface area contributed by atoms with E-state index in [1.165, 1.54) is 5.56 Å². The van der Waals surface area contributed by atoms with E-state index in [4.69, 9.17) is 9.47 Å². The highest BCUT2D eigenvalue weighted by Gasteiger charge is 2.42. The van der Waals surface area contributed by atoms with Gasteiger partial charge in [-0.2, -0.15) is 0 Å². The van der Waals surface area contributed by atoms with Crippen LogP contribution in [0.3, 0.4) is 0 Å². The minimum atomic E-state index is -0.752. The normalized spacial score (nSPS) is 24.2. The molecule has 2 aliphatic heterocycles. The van der Waals surface area contributed by atoms with Gasteiger partial charge in [0.1, 0.15) is 11.9 Å². The first-order valence-corrected chi connectivity index (χ1v) is 11.0. The van der Waals surface area contributed by atoms with Crippen molar-refractivity contribution in [2.75, 3.05) is 26.3 Å². The molecule has 30 heavy (non-hydrogen) atoms. The van der Waals surface area contributed by atoms with Crippen LogP contribution in [0.2, 0.25) is 0 Å². The monoisotopic (exact) mass is 415 g/mol. The van der Waals surface area contributed by atoms with Crippen molar-refractivity contribution in [1.29, 1.82) is 0 Å². The van der Waals surface area contributed by atoms with Gasteiger partial charge in [-0.3, -0.25) is 4.90 Å². The van der Waals surface area contributed by atoms with Crippen LogP contribution in [0.25, 0.3) is 0 Å². The fourth-order valence-electron chi connectivity index (χ4n) is 4.43. The zero-order valence-electron chi connectivity index (χ0n) is 17.5. The number of unbranched alkanes of at least 4 members (excludes halogenated alkanes) is 1. The Kier molecular flexibility index (Phi) is 7.04. The van der Waals surface area contributed by atoms with E-state index in [-0.39, 0.29) is 12.2 Å². The molecule has 7 nitrogen and oxygen atoms in total. The third-order valence-electron chi connectivity index (χ3n) is 6.35. The first-order valence-electron chi connectivity index (χ1n) is 11.0. The average molecular weight is 416 g/mol. The highest BCUT2D eigenvalue weighted by molar-refractivity contribution is 5.33. The zero-order valence-corrected chi connectivity index (χ0v) is 17.5. The number of aliphatic hydroxyl groups excluding tert-OH is 2. The van der Waals surface area contributed by atoms with E-state index in [0.717, 1.165) is 57.6 Å². The number of aryl methyl sites for hydroxylation is 1. The predicted molar refractivity (Wildman–Crippen MR) is 113 cm³/mol. The van der Waals surface area contributed by atoms with E-state index in [0.29, 0.717) is 13.0 Å². The number of aromatic nitrogens is 2. The molecular formula is C23H33N3O4. The van der Waals surface area contributed by atoms with E-state index < -0.39 is 12.2 Å². The van der Waals surface area contributed by atoms with Gasteiger partial charge < -0.3 is 24.3 Å². The Morgan fingerprint density at radius 3 is 2.73 bits per heavy atom. The smallest absolute Gasteiger partial charge is 0.123 e. The van der Waals surface area contributed by atoms with Crippen LogP contribution in [-0.4, -0.2) is 68.8 Å². The third-order valence-corrected chi connectivity index (χ3v) is 6.35. The van der Waals surface area contributed by atoms with Gasteiger partial charge in [0, 0.05) is 50.6 Å². The van der Waals surface area contributed by atoms with Gasteiger partial charge in [0.15, 0.2) is 0 Å². The van der Waals surface area contributed by atoms with Crippen molar-refractivity contribution in [3.63, 3.8) is 0 Å². The molecule has 164 valence electrons. The van der Waals surface area contributed by atoms with Gasteiger partial charge in [0.2, 0.25) is 0 Å². The van der Waals surface area contributed by atoms with Crippen LogP contribution in [0.4, 0.5) is 0 Å². The Bertz CT molecular complexity index is 775. The lowest BCUT2D eigenvalue weighted by Crippen LogP contribution is -2.54. The summed E-state index contributed by atoms with van der Waals surface area (Å²) in [5, 5.41) is 19.8. The summed E-state index contributed by atoms with van der Waals surface area (Å²) in [6.07, 6.45) is 8.58. The molecule has 2 saturated heterocycles. The number of piperidine rings is 1. The highest BCUT2D eigenvalue weighted by Crippen LogP contribution is 2.36. The van der Waals surface area contributed by atoms with E-state index in [9.17, 15) is 10.2 Å². The number of rotatable bonds is 8. The summed E-state index contributed by atoms with van der Waals surface area (Å²) in [5.74, 6) is 0.966. The molecular weight excluding hydrogens is 382 g/mol. The first kappa shape index (κ1) is 21.3. The van der Waals surface area contributed by atoms with Crippen molar-refractivity contribution in [2.45, 2.75) is 63.0 Å². The van der Waals surface area contributed by atoms with Crippen LogP contribution < -0.4 is 4.74 Å². The second-order valence-electron chi connectivity index (χ2n) is 8.57. The van der Waals surface area contributed by atoms with Gasteiger partial charge in [-0.05, 0) is 31.7 Å². The Morgan fingerprint density at radius 2 is 1.97 bits per heavy atom. The first-order chi connectivity index (χ1) is 14.6. The molecule has 4 rings (SSSR count). The summed E-state index contributed by atoms with van der Waals surface area (Å²) in [7, 11) is 0. The van der Waals surface area contributed by atoms with Crippen LogP contribution in [-0.2, 0) is 17.8 Å². The summed E-state index contributed by atoms with van der Waals surface area (Å²) in [6.45, 7) is 4.60. The van der Waals surface area contributed by atoms with Gasteiger partial charge in [-0.25, -0.2) is 4.98 Å². The molecule has 2 aliphatic rings.